The molecule has 0 spiro atoms. The van der Waals surface area contributed by atoms with Crippen molar-refractivity contribution in [3.05, 3.63) is 78.4 Å². The number of ketones is 1. The van der Waals surface area contributed by atoms with Crippen LogP contribution in [0.25, 0.3) is 16.9 Å². The highest BCUT2D eigenvalue weighted by Gasteiger charge is 2.12. The third-order valence-corrected chi connectivity index (χ3v) is 4.65. The zero-order valence-electron chi connectivity index (χ0n) is 13.2. The number of aromatic nitrogens is 4. The quantitative estimate of drug-likeness (QED) is 0.407. The highest BCUT2D eigenvalue weighted by atomic mass is 32.2. The molecule has 0 N–H and O–H groups in total. The number of thioether (sulfide) groups is 1. The minimum Gasteiger partial charge on any atom is -0.293 e. The van der Waals surface area contributed by atoms with Crippen molar-refractivity contribution in [2.45, 2.75) is 5.16 Å². The van der Waals surface area contributed by atoms with Gasteiger partial charge in [0, 0.05) is 11.1 Å². The summed E-state index contributed by atoms with van der Waals surface area (Å²) in [6, 6.07) is 23.0. The van der Waals surface area contributed by atoms with Gasteiger partial charge >= 0.3 is 0 Å². The normalized spacial score (nSPS) is 10.9. The van der Waals surface area contributed by atoms with Crippen LogP contribution >= 0.6 is 11.8 Å². The molecule has 0 saturated carbocycles. The van der Waals surface area contributed by atoms with Gasteiger partial charge in [0.1, 0.15) is 0 Å². The fraction of sp³-hybridized carbons (Fsp3) is 0.0526. The van der Waals surface area contributed by atoms with Crippen LogP contribution in [0.1, 0.15) is 10.4 Å². The van der Waals surface area contributed by atoms with Crippen LogP contribution in [0, 0.1) is 0 Å². The summed E-state index contributed by atoms with van der Waals surface area (Å²) in [5, 5.41) is 13.5. The summed E-state index contributed by atoms with van der Waals surface area (Å²) < 4.78 is 1.69. The summed E-state index contributed by atoms with van der Waals surface area (Å²) in [6.07, 6.45) is 0. The molecule has 0 aliphatic carbocycles. The number of rotatable bonds is 5. The minimum atomic E-state index is 0.0570. The lowest BCUT2D eigenvalue weighted by atomic mass is 10.1. The summed E-state index contributed by atoms with van der Waals surface area (Å²) in [5.41, 5.74) is 3.22. The predicted octanol–water partition coefficient (Wildman–Crippen LogP) is 3.77. The van der Waals surface area contributed by atoms with Gasteiger partial charge in [0.2, 0.25) is 5.16 Å². The summed E-state index contributed by atoms with van der Waals surface area (Å²) >= 11 is 1.34. The maximum absolute atomic E-state index is 12.3. The first-order valence-corrected chi connectivity index (χ1v) is 8.79. The summed E-state index contributed by atoms with van der Waals surface area (Å²) in [5.74, 6) is 0.351. The monoisotopic (exact) mass is 346 g/mol. The van der Waals surface area contributed by atoms with Gasteiger partial charge < -0.3 is 0 Å². The lowest BCUT2D eigenvalue weighted by molar-refractivity contribution is 0.102. The van der Waals surface area contributed by atoms with Crippen molar-refractivity contribution >= 4 is 23.2 Å². The number of hydrogen-bond donors (Lipinski definition) is 0. The average molecular weight is 346 g/mol. The van der Waals surface area contributed by atoms with Crippen molar-refractivity contribution in [1.82, 2.24) is 19.8 Å². The lowest BCUT2D eigenvalue weighted by Gasteiger charge is -2.03. The van der Waals surface area contributed by atoms with E-state index in [0.717, 1.165) is 11.3 Å². The van der Waals surface area contributed by atoms with Gasteiger partial charge in [0.25, 0.3) is 0 Å². The van der Waals surface area contributed by atoms with E-state index in [-0.39, 0.29) is 5.78 Å². The van der Waals surface area contributed by atoms with Crippen molar-refractivity contribution in [2.24, 2.45) is 0 Å². The van der Waals surface area contributed by atoms with Crippen molar-refractivity contribution in [2.75, 3.05) is 5.75 Å². The zero-order chi connectivity index (χ0) is 17.1. The molecule has 6 heteroatoms. The first-order valence-electron chi connectivity index (χ1n) is 7.80. The van der Waals surface area contributed by atoms with E-state index in [1.807, 2.05) is 72.8 Å². The number of nitrogens with zero attached hydrogens (tertiary/aromatic N) is 4. The zero-order valence-corrected chi connectivity index (χ0v) is 14.1. The Kier molecular flexibility index (Phi) is 4.26. The van der Waals surface area contributed by atoms with Crippen molar-refractivity contribution in [1.29, 1.82) is 0 Å². The van der Waals surface area contributed by atoms with Gasteiger partial charge in [-0.15, -0.1) is 10.2 Å². The van der Waals surface area contributed by atoms with Crippen molar-refractivity contribution in [3.8, 4) is 11.3 Å². The molecular weight excluding hydrogens is 332 g/mol. The number of benzene rings is 2. The van der Waals surface area contributed by atoms with Crippen LogP contribution in [0.4, 0.5) is 0 Å². The van der Waals surface area contributed by atoms with E-state index >= 15 is 0 Å². The molecule has 2 aromatic carbocycles. The molecule has 0 bridgehead atoms. The van der Waals surface area contributed by atoms with Crippen LogP contribution in [0.15, 0.2) is 78.0 Å². The molecule has 0 aliphatic rings. The topological polar surface area (TPSA) is 60.2 Å². The average Bonchev–Trinajstić information content (AvgIpc) is 3.10. The van der Waals surface area contributed by atoms with Crippen LogP contribution in [0.2, 0.25) is 0 Å². The van der Waals surface area contributed by atoms with Crippen molar-refractivity contribution < 1.29 is 4.79 Å². The number of fused-ring (bicyclic) bond motifs is 1. The Bertz CT molecular complexity index is 1020. The van der Waals surface area contributed by atoms with Crippen LogP contribution in [0.3, 0.4) is 0 Å². The van der Waals surface area contributed by atoms with Crippen LogP contribution in [-0.2, 0) is 0 Å². The second-order valence-electron chi connectivity index (χ2n) is 5.42. The van der Waals surface area contributed by atoms with Crippen LogP contribution < -0.4 is 0 Å². The van der Waals surface area contributed by atoms with Gasteiger partial charge in [-0.05, 0) is 12.1 Å². The molecule has 122 valence electrons. The maximum atomic E-state index is 12.3. The third-order valence-electron chi connectivity index (χ3n) is 3.73. The second kappa shape index (κ2) is 6.86. The van der Waals surface area contributed by atoms with Gasteiger partial charge in [-0.25, -0.2) is 0 Å². The van der Waals surface area contributed by atoms with Crippen LogP contribution in [0.5, 0.6) is 0 Å². The van der Waals surface area contributed by atoms with Crippen LogP contribution in [-0.4, -0.2) is 31.3 Å². The van der Waals surface area contributed by atoms with Gasteiger partial charge in [-0.2, -0.15) is 9.61 Å². The fourth-order valence-corrected chi connectivity index (χ4v) is 3.24. The van der Waals surface area contributed by atoms with E-state index in [1.165, 1.54) is 11.8 Å². The molecule has 4 rings (SSSR count). The molecule has 0 saturated heterocycles. The first kappa shape index (κ1) is 15.5. The lowest BCUT2D eigenvalue weighted by Crippen LogP contribution is -2.03. The Morgan fingerprint density at radius 2 is 1.60 bits per heavy atom. The molecule has 5 nitrogen and oxygen atoms in total. The number of carbonyl (C=O) groups is 1. The van der Waals surface area contributed by atoms with Gasteiger partial charge in [-0.1, -0.05) is 72.4 Å². The molecule has 2 heterocycles. The van der Waals surface area contributed by atoms with E-state index in [0.29, 0.717) is 22.1 Å². The summed E-state index contributed by atoms with van der Waals surface area (Å²) in [6.45, 7) is 0. The Labute approximate surface area is 148 Å². The Morgan fingerprint density at radius 3 is 2.36 bits per heavy atom. The Morgan fingerprint density at radius 1 is 0.880 bits per heavy atom. The predicted molar refractivity (Wildman–Crippen MR) is 97.7 cm³/mol. The van der Waals surface area contributed by atoms with E-state index in [9.17, 15) is 4.79 Å². The van der Waals surface area contributed by atoms with Gasteiger partial charge in [-0.3, -0.25) is 4.79 Å². The van der Waals surface area contributed by atoms with E-state index in [2.05, 4.69) is 15.3 Å². The summed E-state index contributed by atoms with van der Waals surface area (Å²) in [4.78, 5) is 12.3. The maximum Gasteiger partial charge on any atom is 0.212 e. The number of Topliss-reactive ketones (excluding diaryl/α,β-unsaturated/α-hetero) is 1. The second-order valence-corrected chi connectivity index (χ2v) is 6.36. The van der Waals surface area contributed by atoms with E-state index in [1.54, 1.807) is 4.52 Å². The van der Waals surface area contributed by atoms with Gasteiger partial charge in [0.15, 0.2) is 11.4 Å². The molecule has 0 fully saturated rings. The smallest absolute Gasteiger partial charge is 0.212 e. The molecule has 2 aromatic heterocycles. The first-order chi connectivity index (χ1) is 12.3. The standard InChI is InChI=1S/C19H14N4OS/c24-17(15-9-5-2-6-10-15)13-25-19-21-20-18-12-11-16(22-23(18)19)14-7-3-1-4-8-14/h1-12H,13H2. The SMILES string of the molecule is O=C(CSc1nnc2ccc(-c3ccccc3)nn12)c1ccccc1. The third kappa shape index (κ3) is 3.29. The largest absolute Gasteiger partial charge is 0.293 e. The molecule has 4 aromatic rings. The molecular formula is C19H14N4OS. The molecule has 0 amide bonds. The molecule has 0 unspecified atom stereocenters. The summed E-state index contributed by atoms with van der Waals surface area (Å²) in [7, 11) is 0. The molecule has 25 heavy (non-hydrogen) atoms. The van der Waals surface area contributed by atoms with Gasteiger partial charge in [0.05, 0.1) is 11.4 Å². The highest BCUT2D eigenvalue weighted by molar-refractivity contribution is 7.99. The van der Waals surface area contributed by atoms with Crippen molar-refractivity contribution in [3.63, 3.8) is 0 Å². The molecule has 0 radical (unpaired) electrons. The van der Waals surface area contributed by atoms with E-state index < -0.39 is 0 Å². The number of hydrogen-bond acceptors (Lipinski definition) is 5. The van der Waals surface area contributed by atoms with E-state index in [4.69, 9.17) is 0 Å². The molecule has 0 aliphatic heterocycles. The highest BCUT2D eigenvalue weighted by Crippen LogP contribution is 2.21. The fourth-order valence-electron chi connectivity index (χ4n) is 2.46. The Balaban J connectivity index is 1.59. The molecule has 0 atom stereocenters. The Hall–Kier alpha value is -2.99. The minimum absolute atomic E-state index is 0.0570. The number of carbonyl (C=O) groups excluding carboxylic acids is 1.